The Bertz CT molecular complexity index is 487. The maximum absolute atomic E-state index is 13.0. The maximum atomic E-state index is 13.0. The lowest BCUT2D eigenvalue weighted by Crippen LogP contribution is -2.43. The van der Waals surface area contributed by atoms with Crippen molar-refractivity contribution in [2.45, 2.75) is 63.8 Å². The zero-order valence-corrected chi connectivity index (χ0v) is 13.3. The summed E-state index contributed by atoms with van der Waals surface area (Å²) in [4.78, 5) is 15.0. The molecule has 2 saturated carbocycles. The van der Waals surface area contributed by atoms with E-state index >= 15 is 0 Å². The Morgan fingerprint density at radius 3 is 2.23 bits per heavy atom. The van der Waals surface area contributed by atoms with E-state index in [1.54, 1.807) is 0 Å². The predicted molar refractivity (Wildman–Crippen MR) is 86.0 cm³/mol. The van der Waals surface area contributed by atoms with Crippen molar-refractivity contribution in [3.8, 4) is 0 Å². The highest BCUT2D eigenvalue weighted by molar-refractivity contribution is 5.79. The number of hydrogen-bond donors (Lipinski definition) is 0. The van der Waals surface area contributed by atoms with E-state index in [4.69, 9.17) is 0 Å². The average Bonchev–Trinajstić information content (AvgIpc) is 3.22. The van der Waals surface area contributed by atoms with Crippen LogP contribution < -0.4 is 0 Å². The molecule has 2 nitrogen and oxygen atoms in total. The summed E-state index contributed by atoms with van der Waals surface area (Å²) in [6.45, 7) is 0.783. The van der Waals surface area contributed by atoms with E-state index in [1.165, 1.54) is 37.8 Å². The van der Waals surface area contributed by atoms with Gasteiger partial charge in [0, 0.05) is 18.5 Å². The highest BCUT2D eigenvalue weighted by Crippen LogP contribution is 2.30. The smallest absolute Gasteiger partial charge is 0.225 e. The van der Waals surface area contributed by atoms with Crippen LogP contribution in [0, 0.1) is 11.7 Å². The van der Waals surface area contributed by atoms with Crippen LogP contribution in [-0.4, -0.2) is 23.4 Å². The molecule has 3 heteroatoms. The van der Waals surface area contributed by atoms with Crippen molar-refractivity contribution >= 4 is 5.91 Å². The van der Waals surface area contributed by atoms with Gasteiger partial charge in [0.2, 0.25) is 5.91 Å². The largest absolute Gasteiger partial charge is 0.339 e. The number of nitrogens with zero attached hydrogens (tertiary/aromatic N) is 1. The Morgan fingerprint density at radius 2 is 1.59 bits per heavy atom. The van der Waals surface area contributed by atoms with E-state index in [9.17, 15) is 9.18 Å². The zero-order chi connectivity index (χ0) is 15.4. The average molecular weight is 303 g/mol. The fourth-order valence-corrected chi connectivity index (χ4v) is 4.00. The van der Waals surface area contributed by atoms with Crippen molar-refractivity contribution < 1.29 is 9.18 Å². The summed E-state index contributed by atoms with van der Waals surface area (Å²) in [7, 11) is 0. The van der Waals surface area contributed by atoms with Crippen molar-refractivity contribution in [3.05, 3.63) is 35.6 Å². The van der Waals surface area contributed by atoms with E-state index in [-0.39, 0.29) is 11.7 Å². The van der Waals surface area contributed by atoms with Gasteiger partial charge in [-0.25, -0.2) is 4.39 Å². The topological polar surface area (TPSA) is 20.3 Å². The number of hydrogen-bond acceptors (Lipinski definition) is 1. The first-order valence-electron chi connectivity index (χ1n) is 8.79. The first kappa shape index (κ1) is 15.5. The lowest BCUT2D eigenvalue weighted by Gasteiger charge is -2.31. The van der Waals surface area contributed by atoms with Gasteiger partial charge < -0.3 is 4.90 Å². The van der Waals surface area contributed by atoms with Crippen molar-refractivity contribution in [2.75, 3.05) is 6.54 Å². The molecule has 2 aliphatic rings. The fraction of sp³-hybridized carbons (Fsp3) is 0.632. The highest BCUT2D eigenvalue weighted by Gasteiger charge is 2.32. The molecular weight excluding hydrogens is 277 g/mol. The summed E-state index contributed by atoms with van der Waals surface area (Å²) < 4.78 is 13.0. The predicted octanol–water partition coefficient (Wildman–Crippen LogP) is 4.33. The van der Waals surface area contributed by atoms with Gasteiger partial charge in [-0.3, -0.25) is 4.79 Å². The molecule has 0 atom stereocenters. The van der Waals surface area contributed by atoms with E-state index in [1.807, 2.05) is 12.1 Å². The third kappa shape index (κ3) is 3.68. The Balaban J connectivity index is 1.65. The molecule has 0 unspecified atom stereocenters. The van der Waals surface area contributed by atoms with Gasteiger partial charge in [-0.1, -0.05) is 37.8 Å². The highest BCUT2D eigenvalue weighted by atomic mass is 19.1. The van der Waals surface area contributed by atoms with Crippen molar-refractivity contribution in [2.24, 2.45) is 5.92 Å². The fourth-order valence-electron chi connectivity index (χ4n) is 4.00. The zero-order valence-electron chi connectivity index (χ0n) is 13.3. The monoisotopic (exact) mass is 303 g/mol. The summed E-state index contributed by atoms with van der Waals surface area (Å²) >= 11 is 0. The quantitative estimate of drug-likeness (QED) is 0.793. The van der Waals surface area contributed by atoms with E-state index in [0.717, 1.165) is 44.2 Å². The van der Waals surface area contributed by atoms with Gasteiger partial charge in [-0.2, -0.15) is 0 Å². The molecule has 0 saturated heterocycles. The van der Waals surface area contributed by atoms with Gasteiger partial charge >= 0.3 is 0 Å². The molecule has 22 heavy (non-hydrogen) atoms. The van der Waals surface area contributed by atoms with Crippen LogP contribution in [0.25, 0.3) is 0 Å². The van der Waals surface area contributed by atoms with Crippen LogP contribution in [0.15, 0.2) is 24.3 Å². The van der Waals surface area contributed by atoms with Crippen LogP contribution in [0.4, 0.5) is 4.39 Å². The van der Waals surface area contributed by atoms with Crippen LogP contribution in [0.1, 0.15) is 56.9 Å². The molecule has 0 aromatic heterocycles. The Hall–Kier alpha value is -1.38. The number of amides is 1. The number of carbonyl (C=O) groups is 1. The van der Waals surface area contributed by atoms with E-state index in [0.29, 0.717) is 11.9 Å². The first-order chi connectivity index (χ1) is 10.7. The lowest BCUT2D eigenvalue weighted by atomic mass is 10.0. The van der Waals surface area contributed by atoms with Crippen molar-refractivity contribution in [3.63, 3.8) is 0 Å². The summed E-state index contributed by atoms with van der Waals surface area (Å²) in [5, 5.41) is 0. The van der Waals surface area contributed by atoms with E-state index in [2.05, 4.69) is 4.90 Å². The van der Waals surface area contributed by atoms with Gasteiger partial charge in [0.25, 0.3) is 0 Å². The second-order valence-corrected chi connectivity index (χ2v) is 6.83. The molecule has 0 spiro atoms. The SMILES string of the molecule is O=C(C1CCCC1)N(CCc1ccc(F)cc1)C1CCCC1. The Kier molecular flexibility index (Phi) is 5.12. The summed E-state index contributed by atoms with van der Waals surface area (Å²) in [5.74, 6) is 0.443. The summed E-state index contributed by atoms with van der Waals surface area (Å²) in [6.07, 6.45) is 10.2. The molecule has 0 N–H and O–H groups in total. The third-order valence-corrected chi connectivity index (χ3v) is 5.31. The molecule has 0 aliphatic heterocycles. The molecule has 3 rings (SSSR count). The molecule has 1 amide bonds. The second-order valence-electron chi connectivity index (χ2n) is 6.83. The summed E-state index contributed by atoms with van der Waals surface area (Å²) in [6, 6.07) is 7.13. The lowest BCUT2D eigenvalue weighted by molar-refractivity contribution is -0.137. The molecule has 2 fully saturated rings. The summed E-state index contributed by atoms with van der Waals surface area (Å²) in [5.41, 5.74) is 1.11. The normalized spacial score (nSPS) is 19.7. The van der Waals surface area contributed by atoms with Crippen LogP contribution in [0.3, 0.4) is 0 Å². The minimum atomic E-state index is -0.196. The standard InChI is InChI=1S/C19H26FNO/c20-17-11-9-15(10-12-17)13-14-21(18-7-3-4-8-18)19(22)16-5-1-2-6-16/h9-12,16,18H,1-8,13-14H2. The van der Waals surface area contributed by atoms with Crippen molar-refractivity contribution in [1.82, 2.24) is 4.90 Å². The van der Waals surface area contributed by atoms with E-state index < -0.39 is 0 Å². The van der Waals surface area contributed by atoms with Gasteiger partial charge in [0.05, 0.1) is 0 Å². The molecule has 0 radical (unpaired) electrons. The number of halogens is 1. The molecule has 2 aliphatic carbocycles. The Labute approximate surface area is 132 Å². The third-order valence-electron chi connectivity index (χ3n) is 5.31. The number of carbonyl (C=O) groups excluding carboxylic acids is 1. The van der Waals surface area contributed by atoms with Gasteiger partial charge in [-0.15, -0.1) is 0 Å². The molecule has 120 valence electrons. The van der Waals surface area contributed by atoms with Gasteiger partial charge in [0.15, 0.2) is 0 Å². The van der Waals surface area contributed by atoms with Gasteiger partial charge in [-0.05, 0) is 49.8 Å². The molecule has 1 aromatic rings. The molecular formula is C19H26FNO. The molecule has 1 aromatic carbocycles. The minimum absolute atomic E-state index is 0.196. The maximum Gasteiger partial charge on any atom is 0.225 e. The van der Waals surface area contributed by atoms with Gasteiger partial charge in [0.1, 0.15) is 5.82 Å². The molecule has 0 heterocycles. The van der Waals surface area contributed by atoms with Crippen LogP contribution in [0.5, 0.6) is 0 Å². The number of rotatable bonds is 5. The Morgan fingerprint density at radius 1 is 1.00 bits per heavy atom. The van der Waals surface area contributed by atoms with Crippen LogP contribution >= 0.6 is 0 Å². The second kappa shape index (κ2) is 7.26. The first-order valence-corrected chi connectivity index (χ1v) is 8.79. The number of benzene rings is 1. The minimum Gasteiger partial charge on any atom is -0.339 e. The van der Waals surface area contributed by atoms with Crippen molar-refractivity contribution in [1.29, 1.82) is 0 Å². The van der Waals surface area contributed by atoms with Crippen LogP contribution in [0.2, 0.25) is 0 Å². The van der Waals surface area contributed by atoms with Crippen LogP contribution in [-0.2, 0) is 11.2 Å². The molecule has 0 bridgehead atoms.